The predicted octanol–water partition coefficient (Wildman–Crippen LogP) is 5.43. The largest absolute Gasteiger partial charge is 0.508 e. The zero-order valence-electron chi connectivity index (χ0n) is 38.3. The molecule has 1 saturated heterocycles. The molecule has 4 atom stereocenters. The number of amides is 2. The molecule has 0 radical (unpaired) electrons. The van der Waals surface area contributed by atoms with Crippen LogP contribution in [0.25, 0.3) is 5.57 Å². The van der Waals surface area contributed by atoms with Gasteiger partial charge >= 0.3 is 5.97 Å². The molecule has 2 amide bonds. The number of aliphatic hydroxyl groups is 3. The maximum atomic E-state index is 13.9. The Kier molecular flexibility index (Phi) is 13.0. The number of nitrogens with one attached hydrogen (secondary N) is 4. The van der Waals surface area contributed by atoms with E-state index in [0.29, 0.717) is 22.3 Å². The molecule has 0 aromatic heterocycles. The summed E-state index contributed by atoms with van der Waals surface area (Å²) in [4.78, 5) is 45.7. The van der Waals surface area contributed by atoms with Crippen LogP contribution < -0.4 is 30.9 Å². The van der Waals surface area contributed by atoms with Gasteiger partial charge in [0.1, 0.15) is 23.7 Å². The number of benzene rings is 2. The lowest BCUT2D eigenvalue weighted by molar-refractivity contribution is -0.156. The smallest absolute Gasteiger partial charge is 0.337 e. The van der Waals surface area contributed by atoms with Gasteiger partial charge in [0.2, 0.25) is 5.91 Å². The molecule has 6 heterocycles. The number of aliphatic hydroxyl groups excluding tert-OH is 3. The molecule has 6 aliphatic heterocycles. The number of nitrogens with zero attached hydrogens (tertiary/aromatic N) is 2. The fourth-order valence-corrected chi connectivity index (χ4v) is 12.5. The minimum absolute atomic E-state index is 0.0131. The molecule has 0 saturated carbocycles. The quantitative estimate of drug-likeness (QED) is 0.0933. The van der Waals surface area contributed by atoms with E-state index in [1.807, 2.05) is 6.92 Å². The number of fused-ring (bicyclic) bond motifs is 5. The van der Waals surface area contributed by atoms with E-state index < -0.39 is 42.2 Å². The molecular weight excluding hydrogens is 911 g/mol. The number of hydrogen-bond acceptors (Lipinski definition) is 12. The lowest BCUT2D eigenvalue weighted by atomic mass is 9.74. The van der Waals surface area contributed by atoms with E-state index in [4.69, 9.17) is 32.7 Å². The first kappa shape index (κ1) is 46.6. The number of aromatic carboxylic acids is 1. The van der Waals surface area contributed by atoms with Gasteiger partial charge in [0.15, 0.2) is 6.29 Å². The molecule has 2 aromatic carbocycles. The van der Waals surface area contributed by atoms with Crippen LogP contribution in [0.3, 0.4) is 0 Å². The van der Waals surface area contributed by atoms with Gasteiger partial charge in [-0.05, 0) is 112 Å². The number of rotatable bonds is 13. The first-order valence-electron chi connectivity index (χ1n) is 23.9. The first-order chi connectivity index (χ1) is 32.9. The van der Waals surface area contributed by atoms with Crippen LogP contribution in [0.1, 0.15) is 94.8 Å². The lowest BCUT2D eigenvalue weighted by Gasteiger charge is -2.46. The Morgan fingerprint density at radius 1 is 0.897 bits per heavy atom. The Hall–Kier alpha value is -5.13. The summed E-state index contributed by atoms with van der Waals surface area (Å²) in [5.74, 6) is -2.30. The van der Waals surface area contributed by atoms with Crippen molar-refractivity contribution in [3.05, 3.63) is 118 Å². The van der Waals surface area contributed by atoms with Crippen molar-refractivity contribution in [2.45, 2.75) is 83.2 Å². The molecule has 0 spiro atoms. The average Bonchev–Trinajstić information content (AvgIpc) is 3.32. The number of carboxylic acid groups (broad SMARTS) is 1. The van der Waals surface area contributed by atoms with Crippen molar-refractivity contribution in [2.75, 3.05) is 71.0 Å². The Bertz CT molecular complexity index is 2700. The highest BCUT2D eigenvalue weighted by atomic mass is 35.5. The molecule has 8 aliphatic rings. The standard InChI is InChI=1S/C51H58Cl2N6O9/c1-25-31-19-28(22-55-24-60)45(62)36(23-54-2)48(31)68-51(66)32(25)21-38(61)56-11-12-57-49(63)35-20-37(52)40(41(42(35)53)50(64)65)39-33-17-26-7-3-13-58-15-5-9-29(43(26)58)46(33)67-47-30-10-6-16-59-14-4-8-27(44(30)59)18-34(39)47/h17-20,32,46,48,51,54-55,60,62,66H,3-16,21-24H2,1-2H3,(H,56,61)(H,57,63)(H,64,65). The molecule has 17 heteroatoms. The summed E-state index contributed by atoms with van der Waals surface area (Å²) < 4.78 is 13.2. The third-order valence-electron chi connectivity index (χ3n) is 14.9. The second-order valence-corrected chi connectivity index (χ2v) is 19.7. The highest BCUT2D eigenvalue weighted by Gasteiger charge is 2.44. The molecule has 0 bridgehead atoms. The normalized spacial score (nSPS) is 23.7. The fourth-order valence-electron chi connectivity index (χ4n) is 11.9. The number of allylic oxidation sites excluding steroid dienone is 1. The number of aryl methyl sites for hydroxylation is 1. The molecule has 4 unspecified atom stereocenters. The van der Waals surface area contributed by atoms with Crippen LogP contribution in [0.5, 0.6) is 5.75 Å². The average molecular weight is 970 g/mol. The van der Waals surface area contributed by atoms with Crippen molar-refractivity contribution in [2.24, 2.45) is 5.92 Å². The van der Waals surface area contributed by atoms with E-state index >= 15 is 0 Å². The number of carbonyl (C=O) groups is 3. The fraction of sp³-hybridized carbons (Fsp3) is 0.471. The Morgan fingerprint density at radius 3 is 2.40 bits per heavy atom. The SMILES string of the molecule is CNCC1=C(O)C(CNCO)=CC2=C(C)C(CC(=O)NCCNC(=O)c3cc(Cl)c(C4=C5C=C6CCCN7CCCC(=C67)C5Oc5c4cc4c6c5CCCN6CCC4)c(C(=O)O)c3Cl)C(O)OC21. The Labute approximate surface area is 405 Å². The van der Waals surface area contributed by atoms with E-state index in [1.54, 1.807) is 13.1 Å². The number of ether oxygens (including phenoxy) is 2. The van der Waals surface area contributed by atoms with E-state index in [-0.39, 0.29) is 71.8 Å². The molecular formula is C51H58Cl2N6O9. The summed E-state index contributed by atoms with van der Waals surface area (Å²) >= 11 is 14.4. The van der Waals surface area contributed by atoms with Crippen LogP contribution in [0, 0.1) is 5.92 Å². The van der Waals surface area contributed by atoms with Crippen molar-refractivity contribution in [1.29, 1.82) is 0 Å². The van der Waals surface area contributed by atoms with Crippen molar-refractivity contribution < 1.29 is 44.3 Å². The topological polar surface area (TPSA) is 205 Å². The number of carbonyl (C=O) groups excluding carboxylic acids is 2. The second kappa shape index (κ2) is 19.0. The van der Waals surface area contributed by atoms with Gasteiger partial charge in [-0.3, -0.25) is 14.9 Å². The molecule has 2 aliphatic carbocycles. The Balaban J connectivity index is 0.916. The monoisotopic (exact) mass is 968 g/mol. The zero-order valence-corrected chi connectivity index (χ0v) is 39.8. The van der Waals surface area contributed by atoms with E-state index in [2.05, 4.69) is 43.2 Å². The van der Waals surface area contributed by atoms with Gasteiger partial charge in [-0.25, -0.2) is 4.79 Å². The minimum Gasteiger partial charge on any atom is -0.508 e. The van der Waals surface area contributed by atoms with Crippen LogP contribution in [0.15, 0.2) is 74.8 Å². The summed E-state index contributed by atoms with van der Waals surface area (Å²) in [5.41, 5.74) is 12.0. The zero-order chi connectivity index (χ0) is 47.5. The number of carboxylic acids is 1. The van der Waals surface area contributed by atoms with Crippen LogP contribution in [0.4, 0.5) is 5.69 Å². The predicted molar refractivity (Wildman–Crippen MR) is 258 cm³/mol. The molecule has 2 aromatic rings. The lowest BCUT2D eigenvalue weighted by Crippen LogP contribution is -2.43. The van der Waals surface area contributed by atoms with Crippen LogP contribution in [-0.4, -0.2) is 128 Å². The number of likely N-dealkylation sites (N-methyl/N-ethyl adjacent to an activating group) is 1. The first-order valence-corrected chi connectivity index (χ1v) is 24.6. The maximum absolute atomic E-state index is 13.9. The van der Waals surface area contributed by atoms with Crippen molar-refractivity contribution in [3.8, 4) is 5.75 Å². The number of piperidine rings is 1. The molecule has 68 heavy (non-hydrogen) atoms. The number of halogens is 2. The minimum atomic E-state index is -1.34. The van der Waals surface area contributed by atoms with Crippen LogP contribution >= 0.6 is 23.2 Å². The van der Waals surface area contributed by atoms with Gasteiger partial charge in [0.05, 0.1) is 27.9 Å². The van der Waals surface area contributed by atoms with Crippen molar-refractivity contribution in [3.63, 3.8) is 0 Å². The third-order valence-corrected chi connectivity index (χ3v) is 15.6. The summed E-state index contributed by atoms with van der Waals surface area (Å²) in [6, 6.07) is 3.62. The second-order valence-electron chi connectivity index (χ2n) is 18.9. The Morgan fingerprint density at radius 2 is 1.63 bits per heavy atom. The van der Waals surface area contributed by atoms with E-state index in [1.165, 1.54) is 34.2 Å². The van der Waals surface area contributed by atoms with Gasteiger partial charge in [-0.15, -0.1) is 0 Å². The third kappa shape index (κ3) is 8.03. The van der Waals surface area contributed by atoms with Crippen LogP contribution in [0.2, 0.25) is 10.0 Å². The van der Waals surface area contributed by atoms with Gasteiger partial charge in [-0.1, -0.05) is 28.8 Å². The van der Waals surface area contributed by atoms with Crippen molar-refractivity contribution in [1.82, 2.24) is 26.2 Å². The van der Waals surface area contributed by atoms with Gasteiger partial charge < -0.3 is 55.7 Å². The number of anilines is 1. The van der Waals surface area contributed by atoms with Gasteiger partial charge in [-0.2, -0.15) is 0 Å². The summed E-state index contributed by atoms with van der Waals surface area (Å²) in [6.45, 7) is 5.96. The highest BCUT2D eigenvalue weighted by molar-refractivity contribution is 6.40. The number of hydrogen-bond donors (Lipinski definition) is 8. The van der Waals surface area contributed by atoms with Gasteiger partial charge in [0, 0.05) is 115 Å². The molecule has 15 nitrogen and oxygen atoms in total. The van der Waals surface area contributed by atoms with Gasteiger partial charge in [0.25, 0.3) is 5.91 Å². The van der Waals surface area contributed by atoms with E-state index in [0.717, 1.165) is 106 Å². The summed E-state index contributed by atoms with van der Waals surface area (Å²) in [7, 11) is 1.73. The maximum Gasteiger partial charge on any atom is 0.337 e. The van der Waals surface area contributed by atoms with Crippen LogP contribution in [-0.2, 0) is 22.4 Å². The highest BCUT2D eigenvalue weighted by Crippen LogP contribution is 2.55. The summed E-state index contributed by atoms with van der Waals surface area (Å²) in [6.07, 6.45) is 8.85. The van der Waals surface area contributed by atoms with E-state index in [9.17, 15) is 34.8 Å². The summed E-state index contributed by atoms with van der Waals surface area (Å²) in [5, 5.41) is 53.7. The molecule has 10 rings (SSSR count). The van der Waals surface area contributed by atoms with Crippen molar-refractivity contribution >= 4 is 52.2 Å². The molecule has 1 fully saturated rings. The molecule has 360 valence electrons. The molecule has 8 N–H and O–H groups in total.